The highest BCUT2D eigenvalue weighted by Crippen LogP contribution is 2.42. The van der Waals surface area contributed by atoms with Gasteiger partial charge in [0.2, 0.25) is 0 Å². The van der Waals surface area contributed by atoms with Crippen LogP contribution in [0.4, 0.5) is 0 Å². The maximum atomic E-state index is 5.42. The number of rotatable bonds is 4. The topological polar surface area (TPSA) is 35.1 Å². The van der Waals surface area contributed by atoms with Gasteiger partial charge in [-0.3, -0.25) is 4.98 Å². The highest BCUT2D eigenvalue weighted by Gasteiger charge is 2.23. The van der Waals surface area contributed by atoms with E-state index in [9.17, 15) is 0 Å². The Morgan fingerprint density at radius 1 is 0.500 bits per heavy atom. The summed E-state index contributed by atoms with van der Waals surface area (Å²) in [5.41, 5.74) is 10.6. The maximum Gasteiger partial charge on any atom is 0.101 e. The van der Waals surface area contributed by atoms with Crippen LogP contribution in [0.1, 0.15) is 0 Å². The number of benzene rings is 5. The summed E-state index contributed by atoms with van der Waals surface area (Å²) >= 11 is 0. The molecule has 4 heterocycles. The second-order valence-electron chi connectivity index (χ2n) is 11.1. The van der Waals surface area contributed by atoms with Crippen LogP contribution in [-0.2, 0) is 0 Å². The molecule has 5 aromatic carbocycles. The van der Waals surface area contributed by atoms with E-state index in [1.165, 1.54) is 16.3 Å². The predicted molar refractivity (Wildman–Crippen MR) is 181 cm³/mol. The van der Waals surface area contributed by atoms with Crippen LogP contribution in [-0.4, -0.2) is 19.2 Å². The Kier molecular flexibility index (Phi) is 5.47. The molecule has 0 aliphatic rings. The third-order valence-corrected chi connectivity index (χ3v) is 8.57. The summed E-state index contributed by atoms with van der Waals surface area (Å²) in [5.74, 6) is 0. The molecule has 0 amide bonds. The molecule has 0 N–H and O–H groups in total. The zero-order chi connectivity index (χ0) is 29.0. The summed E-state index contributed by atoms with van der Waals surface area (Å²) in [6.45, 7) is 0. The number of aromatic nitrogens is 4. The van der Waals surface area contributed by atoms with Crippen molar-refractivity contribution in [3.05, 3.63) is 158 Å². The lowest BCUT2D eigenvalue weighted by Crippen LogP contribution is -1.97. The van der Waals surface area contributed by atoms with Gasteiger partial charge in [0.1, 0.15) is 5.69 Å². The highest BCUT2D eigenvalue weighted by molar-refractivity contribution is 6.12. The minimum atomic E-state index is 0.886. The van der Waals surface area contributed by atoms with Crippen molar-refractivity contribution in [1.29, 1.82) is 0 Å². The molecule has 0 saturated heterocycles. The zero-order valence-corrected chi connectivity index (χ0v) is 23.8. The fraction of sp³-hybridized carbons (Fsp3) is 0. The standard InChI is InChI=1S/C40H26N4/c1-3-13-27(14-4-1)38-39(42-44-37(34-20-11-12-24-41-34)25-28-15-7-8-18-31(28)40(38)44)29-22-23-33-32-19-9-10-21-35(32)43(36(33)26-29)30-16-5-2-6-17-30/h1-26H. The maximum absolute atomic E-state index is 5.42. The van der Waals surface area contributed by atoms with Crippen molar-refractivity contribution >= 4 is 38.1 Å². The van der Waals surface area contributed by atoms with E-state index in [1.54, 1.807) is 0 Å². The molecule has 0 bridgehead atoms. The van der Waals surface area contributed by atoms with Gasteiger partial charge in [-0.05, 0) is 53.4 Å². The van der Waals surface area contributed by atoms with Crippen LogP contribution < -0.4 is 0 Å². The first-order chi connectivity index (χ1) is 21.8. The molecule has 4 heteroatoms. The Bertz CT molecular complexity index is 2470. The Morgan fingerprint density at radius 2 is 1.20 bits per heavy atom. The van der Waals surface area contributed by atoms with E-state index < -0.39 is 0 Å². The summed E-state index contributed by atoms with van der Waals surface area (Å²) in [6.07, 6.45) is 1.84. The molecule has 44 heavy (non-hydrogen) atoms. The third kappa shape index (κ3) is 3.71. The molecule has 0 fully saturated rings. The molecular weight excluding hydrogens is 536 g/mol. The summed E-state index contributed by atoms with van der Waals surface area (Å²) in [7, 11) is 0. The molecule has 4 nitrogen and oxygen atoms in total. The lowest BCUT2D eigenvalue weighted by molar-refractivity contribution is 0.972. The van der Waals surface area contributed by atoms with Crippen molar-refractivity contribution in [1.82, 2.24) is 19.2 Å². The molecule has 0 radical (unpaired) electrons. The van der Waals surface area contributed by atoms with E-state index in [1.807, 2.05) is 18.3 Å². The second-order valence-corrected chi connectivity index (χ2v) is 11.1. The van der Waals surface area contributed by atoms with Gasteiger partial charge in [-0.2, -0.15) is 5.10 Å². The Balaban J connectivity index is 1.42. The van der Waals surface area contributed by atoms with Gasteiger partial charge in [-0.15, -0.1) is 0 Å². The van der Waals surface area contributed by atoms with Crippen LogP contribution >= 0.6 is 0 Å². The third-order valence-electron chi connectivity index (χ3n) is 8.57. The Morgan fingerprint density at radius 3 is 2.02 bits per heavy atom. The van der Waals surface area contributed by atoms with Crippen molar-refractivity contribution in [3.8, 4) is 39.5 Å². The first-order valence-corrected chi connectivity index (χ1v) is 14.9. The summed E-state index contributed by atoms with van der Waals surface area (Å²) in [6, 6.07) is 53.5. The molecule has 4 aromatic heterocycles. The molecule has 0 aliphatic carbocycles. The van der Waals surface area contributed by atoms with Crippen molar-refractivity contribution < 1.29 is 0 Å². The number of pyridine rings is 2. The molecule has 0 saturated carbocycles. The monoisotopic (exact) mass is 562 g/mol. The molecule has 0 spiro atoms. The number of hydrogen-bond donors (Lipinski definition) is 0. The van der Waals surface area contributed by atoms with Gasteiger partial charge in [0.05, 0.1) is 27.9 Å². The van der Waals surface area contributed by atoms with Gasteiger partial charge >= 0.3 is 0 Å². The average Bonchev–Trinajstić information content (AvgIpc) is 3.66. The zero-order valence-electron chi connectivity index (χ0n) is 23.8. The quantitative estimate of drug-likeness (QED) is 0.214. The largest absolute Gasteiger partial charge is 0.309 e. The van der Waals surface area contributed by atoms with Gasteiger partial charge in [0.25, 0.3) is 0 Å². The summed E-state index contributed by atoms with van der Waals surface area (Å²) in [4.78, 5) is 4.74. The minimum Gasteiger partial charge on any atom is -0.309 e. The molecule has 9 rings (SSSR count). The lowest BCUT2D eigenvalue weighted by atomic mass is 9.96. The first kappa shape index (κ1) is 24.6. The van der Waals surface area contributed by atoms with Crippen molar-refractivity contribution in [3.63, 3.8) is 0 Å². The number of nitrogens with zero attached hydrogens (tertiary/aromatic N) is 4. The number of fused-ring (bicyclic) bond motifs is 6. The van der Waals surface area contributed by atoms with Crippen molar-refractivity contribution in [2.24, 2.45) is 0 Å². The van der Waals surface area contributed by atoms with Gasteiger partial charge in [0.15, 0.2) is 0 Å². The van der Waals surface area contributed by atoms with E-state index in [4.69, 9.17) is 10.1 Å². The van der Waals surface area contributed by atoms with Crippen LogP contribution in [0.3, 0.4) is 0 Å². The van der Waals surface area contributed by atoms with Crippen LogP contribution in [0.15, 0.2) is 158 Å². The van der Waals surface area contributed by atoms with Crippen LogP contribution in [0.25, 0.3) is 77.6 Å². The summed E-state index contributed by atoms with van der Waals surface area (Å²) < 4.78 is 4.46. The average molecular weight is 563 g/mol. The highest BCUT2D eigenvalue weighted by atomic mass is 15.2. The van der Waals surface area contributed by atoms with Crippen molar-refractivity contribution in [2.75, 3.05) is 0 Å². The van der Waals surface area contributed by atoms with Crippen LogP contribution in [0.2, 0.25) is 0 Å². The van der Waals surface area contributed by atoms with Gasteiger partial charge in [-0.25, -0.2) is 4.52 Å². The fourth-order valence-electron chi connectivity index (χ4n) is 6.64. The predicted octanol–water partition coefficient (Wildman–Crippen LogP) is 9.98. The molecule has 0 unspecified atom stereocenters. The smallest absolute Gasteiger partial charge is 0.101 e. The molecule has 9 aromatic rings. The molecule has 0 atom stereocenters. The Labute approximate surface area is 254 Å². The summed E-state index contributed by atoms with van der Waals surface area (Å²) in [5, 5.41) is 10.2. The van der Waals surface area contributed by atoms with E-state index in [-0.39, 0.29) is 0 Å². The molecule has 206 valence electrons. The molecule has 0 aliphatic heterocycles. The molecular formula is C40H26N4. The minimum absolute atomic E-state index is 0.886. The number of hydrogen-bond acceptors (Lipinski definition) is 2. The number of para-hydroxylation sites is 2. The van der Waals surface area contributed by atoms with E-state index in [0.29, 0.717) is 0 Å². The fourth-order valence-corrected chi connectivity index (χ4v) is 6.64. The SMILES string of the molecule is c1ccc(-c2c(-c3ccc4c5ccccc5n(-c5ccccc5)c4c3)nn3c(-c4ccccn4)cc4ccccc4c23)cc1. The van der Waals surface area contributed by atoms with Crippen LogP contribution in [0.5, 0.6) is 0 Å². The van der Waals surface area contributed by atoms with Gasteiger partial charge in [-0.1, -0.05) is 109 Å². The van der Waals surface area contributed by atoms with E-state index in [2.05, 4.69) is 149 Å². The second kappa shape index (κ2) is 9.79. The first-order valence-electron chi connectivity index (χ1n) is 14.9. The Hall–Kier alpha value is -6.00. The van der Waals surface area contributed by atoms with Gasteiger partial charge < -0.3 is 4.57 Å². The normalized spacial score (nSPS) is 11.6. The van der Waals surface area contributed by atoms with E-state index >= 15 is 0 Å². The lowest BCUT2D eigenvalue weighted by Gasteiger charge is -2.10. The van der Waals surface area contributed by atoms with Crippen LogP contribution in [0, 0.1) is 0 Å². The van der Waals surface area contributed by atoms with Gasteiger partial charge in [0, 0.05) is 39.2 Å². The van der Waals surface area contributed by atoms with Crippen molar-refractivity contribution in [2.45, 2.75) is 0 Å². The van der Waals surface area contributed by atoms with E-state index in [0.717, 1.165) is 61.3 Å².